The van der Waals surface area contributed by atoms with E-state index in [-0.39, 0.29) is 30.9 Å². The smallest absolute Gasteiger partial charge is 0.339 e. The summed E-state index contributed by atoms with van der Waals surface area (Å²) in [7, 11) is 4.55. The Morgan fingerprint density at radius 3 is 1.31 bits per heavy atom. The molecule has 0 saturated carbocycles. The molecule has 0 spiro atoms. The second kappa shape index (κ2) is 21.9. The van der Waals surface area contributed by atoms with Crippen LogP contribution in [0.1, 0.15) is 32.1 Å². The van der Waals surface area contributed by atoms with Crippen LogP contribution < -0.4 is 25.0 Å². The van der Waals surface area contributed by atoms with Gasteiger partial charge in [0.1, 0.15) is 11.5 Å². The fourth-order valence-corrected chi connectivity index (χ4v) is 7.71. The van der Waals surface area contributed by atoms with Gasteiger partial charge >= 0.3 is 18.0 Å². The van der Waals surface area contributed by atoms with Crippen LogP contribution in [0.25, 0.3) is 0 Å². The highest BCUT2D eigenvalue weighted by Crippen LogP contribution is 2.26. The van der Waals surface area contributed by atoms with E-state index in [0.717, 1.165) is 75.5 Å². The molecule has 4 fully saturated rings. The van der Waals surface area contributed by atoms with E-state index in [0.29, 0.717) is 67.3 Å². The molecule has 0 bridgehead atoms. The van der Waals surface area contributed by atoms with Crippen molar-refractivity contribution < 1.29 is 42.9 Å². The van der Waals surface area contributed by atoms with Gasteiger partial charge in [-0.1, -0.05) is 0 Å². The summed E-state index contributed by atoms with van der Waals surface area (Å²) >= 11 is 0. The first-order valence-corrected chi connectivity index (χ1v) is 21.4. The first-order valence-electron chi connectivity index (χ1n) is 21.4. The number of nitrogens with two attached hydrogens (primary N) is 1. The van der Waals surface area contributed by atoms with Crippen LogP contribution in [-0.2, 0) is 27.3 Å². The SMILES string of the molecule is COC(=O)c1ccc(CN(C(=O)N2CCN(C3COC3)CC2)c2ccc(OC)cc2)nc1.COc1ccc(N(Cc2ccc(C(=O)CN)cn2)C(=O)N2CCN(C3COC3)CC2)cc1. The van der Waals surface area contributed by atoms with E-state index in [4.69, 9.17) is 29.4 Å². The van der Waals surface area contributed by atoms with E-state index in [1.54, 1.807) is 48.3 Å². The molecule has 2 aromatic carbocycles. The first kappa shape index (κ1) is 45.8. The molecule has 4 aliphatic heterocycles. The van der Waals surface area contributed by atoms with E-state index in [9.17, 15) is 19.2 Å². The summed E-state index contributed by atoms with van der Waals surface area (Å²) in [6.07, 6.45) is 2.98. The maximum atomic E-state index is 13.5. The van der Waals surface area contributed by atoms with Gasteiger partial charge in [-0.15, -0.1) is 0 Å². The number of benzene rings is 2. The Kier molecular flexibility index (Phi) is 15.7. The molecule has 0 radical (unpaired) electrons. The fraction of sp³-hybridized carbons (Fsp3) is 0.435. The van der Waals surface area contributed by atoms with Gasteiger partial charge in [-0.25, -0.2) is 14.4 Å². The number of carbonyl (C=O) groups is 4. The number of carbonyl (C=O) groups excluding carboxylic acids is 4. The molecule has 0 unspecified atom stereocenters. The number of anilines is 2. The monoisotopic (exact) mass is 879 g/mol. The van der Waals surface area contributed by atoms with E-state index < -0.39 is 5.97 Å². The third-order valence-electron chi connectivity index (χ3n) is 11.9. The van der Waals surface area contributed by atoms with Gasteiger partial charge in [-0.3, -0.25) is 34.4 Å². The molecule has 0 atom stereocenters. The molecule has 340 valence electrons. The van der Waals surface area contributed by atoms with Crippen molar-refractivity contribution in [2.24, 2.45) is 5.73 Å². The molecule has 4 aliphatic rings. The number of nitrogens with zero attached hydrogens (tertiary/aromatic N) is 8. The van der Waals surface area contributed by atoms with Crippen molar-refractivity contribution in [3.05, 3.63) is 108 Å². The Morgan fingerprint density at radius 2 is 1.00 bits per heavy atom. The number of hydrogen-bond acceptors (Lipinski definition) is 14. The molecule has 64 heavy (non-hydrogen) atoms. The van der Waals surface area contributed by atoms with Crippen molar-refractivity contribution in [2.45, 2.75) is 25.2 Å². The summed E-state index contributed by atoms with van der Waals surface area (Å²) in [5.74, 6) is 0.835. The highest BCUT2D eigenvalue weighted by Gasteiger charge is 2.34. The van der Waals surface area contributed by atoms with Crippen molar-refractivity contribution >= 4 is 35.2 Å². The third kappa shape index (κ3) is 11.3. The standard InChI is InChI=1S/C23H29N5O4.C23H28N4O5/c1-31-21-6-4-19(5-7-21)28(14-18-3-2-17(13-25-18)22(29)12-24)23(30)27-10-8-26(9-11-27)20-15-32-16-20;1-30-21-7-5-19(6-8-21)27(14-18-4-3-17(13-24-18)22(28)31-2)23(29)26-11-9-25(10-12-26)20-15-32-16-20/h2-7,13,20H,8-12,14-16,24H2,1H3;3-8,13,20H,9-12,14-16H2,1-2H3. The van der Waals surface area contributed by atoms with Gasteiger partial charge in [0.2, 0.25) is 0 Å². The number of aromatic nitrogens is 2. The molecule has 4 amide bonds. The minimum absolute atomic E-state index is 0.0591. The van der Waals surface area contributed by atoms with Crippen molar-refractivity contribution in [3.8, 4) is 11.5 Å². The summed E-state index contributed by atoms with van der Waals surface area (Å²) in [6, 6.07) is 22.5. The van der Waals surface area contributed by atoms with Crippen LogP contribution in [0.5, 0.6) is 11.5 Å². The highest BCUT2D eigenvalue weighted by atomic mass is 16.5. The maximum Gasteiger partial charge on any atom is 0.339 e. The van der Waals surface area contributed by atoms with Crippen molar-refractivity contribution in [3.63, 3.8) is 0 Å². The topological polar surface area (TPSA) is 186 Å². The van der Waals surface area contributed by atoms with Crippen LogP contribution >= 0.6 is 0 Å². The Bertz CT molecular complexity index is 2000. The summed E-state index contributed by atoms with van der Waals surface area (Å²) in [6.45, 7) is 9.63. The molecule has 0 aliphatic carbocycles. The number of urea groups is 2. The van der Waals surface area contributed by atoms with Crippen molar-refractivity contribution in [1.82, 2.24) is 29.6 Å². The first-order chi connectivity index (χ1) is 31.2. The minimum atomic E-state index is -0.443. The van der Waals surface area contributed by atoms with E-state index in [1.807, 2.05) is 58.3 Å². The van der Waals surface area contributed by atoms with Crippen LogP contribution in [0.4, 0.5) is 21.0 Å². The number of amides is 4. The number of hydrogen-bond donors (Lipinski definition) is 1. The summed E-state index contributed by atoms with van der Waals surface area (Å²) in [5.41, 5.74) is 9.14. The molecule has 2 aromatic heterocycles. The van der Waals surface area contributed by atoms with Gasteiger partial charge in [-0.2, -0.15) is 0 Å². The molecule has 2 N–H and O–H groups in total. The number of esters is 1. The third-order valence-corrected chi connectivity index (χ3v) is 11.9. The summed E-state index contributed by atoms with van der Waals surface area (Å²) < 4.78 is 25.8. The Hall–Kier alpha value is -6.18. The largest absolute Gasteiger partial charge is 0.497 e. The van der Waals surface area contributed by atoms with Crippen LogP contribution in [0.3, 0.4) is 0 Å². The van der Waals surface area contributed by atoms with Gasteiger partial charge in [0, 0.05) is 81.7 Å². The molecular weight excluding hydrogens is 823 g/mol. The maximum absolute atomic E-state index is 13.5. The van der Waals surface area contributed by atoms with Gasteiger partial charge in [0.25, 0.3) is 0 Å². The zero-order valence-corrected chi connectivity index (χ0v) is 36.7. The molecule has 18 heteroatoms. The molecule has 4 aromatic rings. The van der Waals surface area contributed by atoms with E-state index in [2.05, 4.69) is 19.8 Å². The molecule has 6 heterocycles. The fourth-order valence-electron chi connectivity index (χ4n) is 7.71. The second-order valence-corrected chi connectivity index (χ2v) is 15.8. The number of ketones is 1. The van der Waals surface area contributed by atoms with Crippen molar-refractivity contribution in [2.75, 3.05) is 116 Å². The predicted octanol–water partition coefficient (Wildman–Crippen LogP) is 3.39. The predicted molar refractivity (Wildman–Crippen MR) is 238 cm³/mol. The van der Waals surface area contributed by atoms with Crippen LogP contribution in [0.15, 0.2) is 85.2 Å². The van der Waals surface area contributed by atoms with Gasteiger partial charge < -0.3 is 39.2 Å². The normalized spacial score (nSPS) is 16.9. The number of piperazine rings is 2. The lowest BCUT2D eigenvalue weighted by Gasteiger charge is -2.43. The molecular formula is C46H57N9O9. The van der Waals surface area contributed by atoms with Crippen LogP contribution in [0.2, 0.25) is 0 Å². The van der Waals surface area contributed by atoms with Gasteiger partial charge in [-0.05, 0) is 72.8 Å². The van der Waals surface area contributed by atoms with Crippen molar-refractivity contribution in [1.29, 1.82) is 0 Å². The van der Waals surface area contributed by atoms with E-state index >= 15 is 0 Å². The van der Waals surface area contributed by atoms with Gasteiger partial charge in [0.15, 0.2) is 5.78 Å². The van der Waals surface area contributed by atoms with Crippen LogP contribution in [0, 0.1) is 0 Å². The number of ether oxygens (including phenoxy) is 5. The summed E-state index contributed by atoms with van der Waals surface area (Å²) in [5, 5.41) is 0. The Morgan fingerprint density at radius 1 is 0.594 bits per heavy atom. The highest BCUT2D eigenvalue weighted by molar-refractivity contribution is 5.97. The number of pyridine rings is 2. The molecule has 18 nitrogen and oxygen atoms in total. The lowest BCUT2D eigenvalue weighted by molar-refractivity contribution is -0.0738. The second-order valence-electron chi connectivity index (χ2n) is 15.8. The van der Waals surface area contributed by atoms with Crippen LogP contribution in [-0.4, -0.2) is 172 Å². The zero-order chi connectivity index (χ0) is 45.0. The zero-order valence-electron chi connectivity index (χ0n) is 36.7. The summed E-state index contributed by atoms with van der Waals surface area (Å²) in [4.78, 5) is 71.2. The number of methoxy groups -OCH3 is 3. The number of Topliss-reactive ketones (excluding diaryl/α,β-unsaturated/α-hetero) is 1. The minimum Gasteiger partial charge on any atom is -0.497 e. The lowest BCUT2D eigenvalue weighted by atomic mass is 10.1. The molecule has 8 rings (SSSR count). The average Bonchev–Trinajstić information content (AvgIpc) is 3.31. The Labute approximate surface area is 373 Å². The lowest BCUT2D eigenvalue weighted by Crippen LogP contribution is -2.59. The van der Waals surface area contributed by atoms with E-state index in [1.165, 1.54) is 19.5 Å². The van der Waals surface area contributed by atoms with Gasteiger partial charge in [0.05, 0.1) is 96.4 Å². The average molecular weight is 880 g/mol. The quantitative estimate of drug-likeness (QED) is 0.152. The Balaban J connectivity index is 0.000000191. The number of rotatable bonds is 13. The molecule has 4 saturated heterocycles.